The van der Waals surface area contributed by atoms with Gasteiger partial charge in [-0.05, 0) is 36.2 Å². The molecule has 0 atom stereocenters. The van der Waals surface area contributed by atoms with Crippen molar-refractivity contribution in [1.29, 1.82) is 0 Å². The molecule has 128 valence electrons. The lowest BCUT2D eigenvalue weighted by Gasteiger charge is -2.12. The van der Waals surface area contributed by atoms with Crippen LogP contribution in [0.2, 0.25) is 5.02 Å². The first-order chi connectivity index (χ1) is 11.6. The maximum atomic E-state index is 12.2. The Labute approximate surface area is 146 Å². The molecule has 0 saturated heterocycles. The van der Waals surface area contributed by atoms with Gasteiger partial charge in [0.2, 0.25) is 5.91 Å². The number of carbonyl (C=O) groups is 1. The molecule has 0 radical (unpaired) electrons. The van der Waals surface area contributed by atoms with Crippen molar-refractivity contribution in [3.05, 3.63) is 47.0 Å². The van der Waals surface area contributed by atoms with E-state index in [2.05, 4.69) is 5.32 Å². The second kappa shape index (κ2) is 8.45. The smallest absolute Gasteiger partial charge is 0.224 e. The Bertz CT molecular complexity index is 718. The molecular weight excluding hydrogens is 330 g/mol. The Morgan fingerprint density at radius 2 is 1.71 bits per heavy atom. The Morgan fingerprint density at radius 1 is 1.00 bits per heavy atom. The van der Waals surface area contributed by atoms with Crippen LogP contribution in [0.25, 0.3) is 0 Å². The standard InChI is InChI=1S/C18H20ClNO4/c1-22-13-6-8-17(24-3)15(11-13)20-18(21)9-5-12-4-7-16(23-2)14(19)10-12/h4,6-8,10-11H,5,9H2,1-3H3,(H,20,21). The molecule has 2 aromatic rings. The predicted molar refractivity (Wildman–Crippen MR) is 94.5 cm³/mol. The van der Waals surface area contributed by atoms with Crippen LogP contribution in [0.15, 0.2) is 36.4 Å². The van der Waals surface area contributed by atoms with Crippen molar-refractivity contribution in [2.75, 3.05) is 26.6 Å². The molecule has 0 saturated carbocycles. The number of nitrogens with one attached hydrogen (secondary N) is 1. The van der Waals surface area contributed by atoms with E-state index >= 15 is 0 Å². The molecule has 1 N–H and O–H groups in total. The van der Waals surface area contributed by atoms with E-state index in [-0.39, 0.29) is 5.91 Å². The van der Waals surface area contributed by atoms with Gasteiger partial charge in [0, 0.05) is 12.5 Å². The largest absolute Gasteiger partial charge is 0.497 e. The molecular formula is C18H20ClNO4. The van der Waals surface area contributed by atoms with Crippen molar-refractivity contribution in [3.63, 3.8) is 0 Å². The summed E-state index contributed by atoms with van der Waals surface area (Å²) in [7, 11) is 4.69. The molecule has 0 aliphatic heterocycles. The maximum absolute atomic E-state index is 12.2. The Balaban J connectivity index is 1.99. The molecule has 0 aliphatic rings. The van der Waals surface area contributed by atoms with Gasteiger partial charge in [-0.15, -0.1) is 0 Å². The normalized spacial score (nSPS) is 10.2. The van der Waals surface area contributed by atoms with Crippen LogP contribution in [-0.2, 0) is 11.2 Å². The number of ether oxygens (including phenoxy) is 3. The van der Waals surface area contributed by atoms with Gasteiger partial charge in [0.05, 0.1) is 32.0 Å². The van der Waals surface area contributed by atoms with Crippen LogP contribution in [0.1, 0.15) is 12.0 Å². The van der Waals surface area contributed by atoms with Crippen molar-refractivity contribution < 1.29 is 19.0 Å². The van der Waals surface area contributed by atoms with Crippen molar-refractivity contribution in [1.82, 2.24) is 0 Å². The fraction of sp³-hybridized carbons (Fsp3) is 0.278. The second-order valence-corrected chi connectivity index (χ2v) is 5.49. The zero-order valence-electron chi connectivity index (χ0n) is 13.9. The summed E-state index contributed by atoms with van der Waals surface area (Å²) >= 11 is 6.09. The van der Waals surface area contributed by atoms with E-state index in [4.69, 9.17) is 25.8 Å². The molecule has 0 aromatic heterocycles. The van der Waals surface area contributed by atoms with Crippen LogP contribution < -0.4 is 19.5 Å². The van der Waals surface area contributed by atoms with Gasteiger partial charge in [0.25, 0.3) is 0 Å². The van der Waals surface area contributed by atoms with Gasteiger partial charge in [-0.2, -0.15) is 0 Å². The molecule has 1 amide bonds. The van der Waals surface area contributed by atoms with E-state index in [1.54, 1.807) is 51.7 Å². The van der Waals surface area contributed by atoms with Crippen LogP contribution >= 0.6 is 11.6 Å². The monoisotopic (exact) mass is 349 g/mol. The van der Waals surface area contributed by atoms with Gasteiger partial charge < -0.3 is 19.5 Å². The van der Waals surface area contributed by atoms with E-state index in [0.717, 1.165) is 5.56 Å². The average molecular weight is 350 g/mol. The minimum absolute atomic E-state index is 0.117. The summed E-state index contributed by atoms with van der Waals surface area (Å²) < 4.78 is 15.5. The highest BCUT2D eigenvalue weighted by atomic mass is 35.5. The third-order valence-corrected chi connectivity index (χ3v) is 3.83. The molecule has 0 spiro atoms. The quantitative estimate of drug-likeness (QED) is 0.822. The second-order valence-electron chi connectivity index (χ2n) is 5.08. The third-order valence-electron chi connectivity index (χ3n) is 3.54. The van der Waals surface area contributed by atoms with Crippen molar-refractivity contribution in [3.8, 4) is 17.2 Å². The summed E-state index contributed by atoms with van der Waals surface area (Å²) in [5.74, 6) is 1.73. The summed E-state index contributed by atoms with van der Waals surface area (Å²) in [6.07, 6.45) is 0.894. The number of carbonyl (C=O) groups excluding carboxylic acids is 1. The van der Waals surface area contributed by atoms with Crippen LogP contribution in [0, 0.1) is 0 Å². The van der Waals surface area contributed by atoms with Gasteiger partial charge in [-0.25, -0.2) is 0 Å². The van der Waals surface area contributed by atoms with E-state index in [9.17, 15) is 4.79 Å². The fourth-order valence-corrected chi connectivity index (χ4v) is 2.53. The Hall–Kier alpha value is -2.40. The van der Waals surface area contributed by atoms with Gasteiger partial charge in [-0.3, -0.25) is 4.79 Å². The molecule has 6 heteroatoms. The number of aryl methyl sites for hydroxylation is 1. The number of amides is 1. The van der Waals surface area contributed by atoms with Crippen LogP contribution in [-0.4, -0.2) is 27.2 Å². The van der Waals surface area contributed by atoms with Gasteiger partial charge in [0.1, 0.15) is 17.2 Å². The first-order valence-corrected chi connectivity index (χ1v) is 7.79. The zero-order chi connectivity index (χ0) is 17.5. The lowest BCUT2D eigenvalue weighted by molar-refractivity contribution is -0.116. The SMILES string of the molecule is COc1ccc(OC)c(NC(=O)CCc2ccc(OC)c(Cl)c2)c1. The van der Waals surface area contributed by atoms with E-state index in [1.165, 1.54) is 0 Å². The van der Waals surface area contributed by atoms with Gasteiger partial charge in [-0.1, -0.05) is 17.7 Å². The van der Waals surface area contributed by atoms with Crippen molar-refractivity contribution in [2.45, 2.75) is 12.8 Å². The highest BCUT2D eigenvalue weighted by molar-refractivity contribution is 6.32. The first-order valence-electron chi connectivity index (χ1n) is 7.41. The lowest BCUT2D eigenvalue weighted by atomic mass is 10.1. The molecule has 0 fully saturated rings. The highest BCUT2D eigenvalue weighted by Crippen LogP contribution is 2.29. The molecule has 0 aliphatic carbocycles. The maximum Gasteiger partial charge on any atom is 0.224 e. The predicted octanol–water partition coefficient (Wildman–Crippen LogP) is 3.94. The minimum Gasteiger partial charge on any atom is -0.497 e. The number of rotatable bonds is 7. The van der Waals surface area contributed by atoms with Crippen LogP contribution in [0.3, 0.4) is 0 Å². The highest BCUT2D eigenvalue weighted by Gasteiger charge is 2.10. The molecule has 24 heavy (non-hydrogen) atoms. The third kappa shape index (κ3) is 4.55. The summed E-state index contributed by atoms with van der Waals surface area (Å²) in [4.78, 5) is 12.2. The number of halogens is 1. The molecule has 2 rings (SSSR count). The van der Waals surface area contributed by atoms with Crippen molar-refractivity contribution >= 4 is 23.2 Å². The van der Waals surface area contributed by atoms with Crippen LogP contribution in [0.5, 0.6) is 17.2 Å². The van der Waals surface area contributed by atoms with E-state index < -0.39 is 0 Å². The minimum atomic E-state index is -0.117. The molecule has 0 unspecified atom stereocenters. The molecule has 5 nitrogen and oxygen atoms in total. The first kappa shape index (κ1) is 17.9. The summed E-state index contributed by atoms with van der Waals surface area (Å²) in [6, 6.07) is 10.7. The Morgan fingerprint density at radius 3 is 2.33 bits per heavy atom. The number of hydrogen-bond acceptors (Lipinski definition) is 4. The number of benzene rings is 2. The van der Waals surface area contributed by atoms with E-state index in [1.807, 2.05) is 6.07 Å². The van der Waals surface area contributed by atoms with E-state index in [0.29, 0.717) is 40.8 Å². The summed E-state index contributed by atoms with van der Waals surface area (Å²) in [6.45, 7) is 0. The average Bonchev–Trinajstić information content (AvgIpc) is 2.60. The fourth-order valence-electron chi connectivity index (χ4n) is 2.25. The van der Waals surface area contributed by atoms with Crippen LogP contribution in [0.4, 0.5) is 5.69 Å². The van der Waals surface area contributed by atoms with Crippen molar-refractivity contribution in [2.24, 2.45) is 0 Å². The number of hydrogen-bond donors (Lipinski definition) is 1. The summed E-state index contributed by atoms with van der Waals surface area (Å²) in [5.41, 5.74) is 1.54. The molecule has 2 aromatic carbocycles. The Kier molecular flexibility index (Phi) is 6.32. The lowest BCUT2D eigenvalue weighted by Crippen LogP contribution is -2.13. The molecule has 0 bridgehead atoms. The van der Waals surface area contributed by atoms with Gasteiger partial charge >= 0.3 is 0 Å². The van der Waals surface area contributed by atoms with Gasteiger partial charge in [0.15, 0.2) is 0 Å². The molecule has 0 heterocycles. The summed E-state index contributed by atoms with van der Waals surface area (Å²) in [5, 5.41) is 3.37. The number of methoxy groups -OCH3 is 3. The topological polar surface area (TPSA) is 56.8 Å². The number of anilines is 1. The zero-order valence-corrected chi connectivity index (χ0v) is 14.6.